The van der Waals surface area contributed by atoms with Gasteiger partial charge in [-0.2, -0.15) is 0 Å². The predicted molar refractivity (Wildman–Crippen MR) is 137 cm³/mol. The van der Waals surface area contributed by atoms with Crippen LogP contribution in [0.4, 0.5) is 10.9 Å². The van der Waals surface area contributed by atoms with Crippen molar-refractivity contribution in [3.63, 3.8) is 0 Å². The predicted octanol–water partition coefficient (Wildman–Crippen LogP) is 2.92. The standard InChI is InChI=1S/C25H33N7OS/c1-19-13-26-25(34-19)29-24(33)17-32-10-9-31(14-20-7-5-4-6-8-20)15-21(16-32)11-22-12-23(30(2)3)28-18-27-22/h4-8,12-13,18,21H,9-11,14-17H2,1-3H3,(H,26,29,33)/t21-/m0/s1. The molecule has 8 nitrogen and oxygen atoms in total. The Labute approximate surface area is 205 Å². The zero-order valence-corrected chi connectivity index (χ0v) is 21.0. The summed E-state index contributed by atoms with van der Waals surface area (Å²) in [5, 5.41) is 3.62. The zero-order valence-electron chi connectivity index (χ0n) is 20.1. The highest BCUT2D eigenvalue weighted by Crippen LogP contribution is 2.19. The molecule has 1 aliphatic heterocycles. The van der Waals surface area contributed by atoms with Crippen molar-refractivity contribution in [3.05, 3.63) is 65.1 Å². The van der Waals surface area contributed by atoms with Crippen molar-refractivity contribution < 1.29 is 4.79 Å². The average Bonchev–Trinajstić information content (AvgIpc) is 3.12. The number of anilines is 2. The van der Waals surface area contributed by atoms with Crippen LogP contribution in [0.25, 0.3) is 0 Å². The van der Waals surface area contributed by atoms with Crippen LogP contribution in [0.5, 0.6) is 0 Å². The van der Waals surface area contributed by atoms with Gasteiger partial charge in [-0.25, -0.2) is 15.0 Å². The maximum Gasteiger partial charge on any atom is 0.240 e. The van der Waals surface area contributed by atoms with E-state index in [2.05, 4.69) is 66.5 Å². The van der Waals surface area contributed by atoms with E-state index in [0.29, 0.717) is 17.6 Å². The summed E-state index contributed by atoms with van der Waals surface area (Å²) in [6.45, 7) is 6.82. The van der Waals surface area contributed by atoms with Crippen molar-refractivity contribution in [3.8, 4) is 0 Å². The maximum absolute atomic E-state index is 12.7. The SMILES string of the molecule is Cc1cnc(NC(=O)CN2CCN(Cc3ccccc3)C[C@H](Cc3cc(N(C)C)ncn3)C2)s1. The highest BCUT2D eigenvalue weighted by Gasteiger charge is 2.25. The number of carbonyl (C=O) groups is 1. The Kier molecular flexibility index (Phi) is 8.21. The number of aryl methyl sites for hydroxylation is 1. The molecule has 3 heterocycles. The first-order valence-electron chi connectivity index (χ1n) is 11.6. The molecule has 180 valence electrons. The van der Waals surface area contributed by atoms with E-state index in [4.69, 9.17) is 0 Å². The molecule has 1 N–H and O–H groups in total. The van der Waals surface area contributed by atoms with Crippen molar-refractivity contribution in [1.82, 2.24) is 24.8 Å². The highest BCUT2D eigenvalue weighted by molar-refractivity contribution is 7.15. The van der Waals surface area contributed by atoms with E-state index in [1.165, 1.54) is 16.9 Å². The van der Waals surface area contributed by atoms with Gasteiger partial charge in [0.1, 0.15) is 12.1 Å². The number of hydrogen-bond acceptors (Lipinski definition) is 8. The molecule has 9 heteroatoms. The van der Waals surface area contributed by atoms with Gasteiger partial charge in [0.25, 0.3) is 0 Å². The Morgan fingerprint density at radius 1 is 1.12 bits per heavy atom. The minimum absolute atomic E-state index is 0.0125. The molecule has 1 aliphatic rings. The Hall–Kier alpha value is -2.88. The summed E-state index contributed by atoms with van der Waals surface area (Å²) in [4.78, 5) is 33.7. The molecule has 4 rings (SSSR count). The third-order valence-electron chi connectivity index (χ3n) is 5.91. The molecule has 3 aromatic rings. The van der Waals surface area contributed by atoms with Crippen LogP contribution >= 0.6 is 11.3 Å². The second-order valence-corrected chi connectivity index (χ2v) is 10.3. The number of carbonyl (C=O) groups excluding carboxylic acids is 1. The van der Waals surface area contributed by atoms with Gasteiger partial charge in [0.2, 0.25) is 5.91 Å². The fourth-order valence-corrected chi connectivity index (χ4v) is 5.00. The van der Waals surface area contributed by atoms with E-state index in [0.717, 1.165) is 55.5 Å². The number of rotatable bonds is 8. The second-order valence-electron chi connectivity index (χ2n) is 9.11. The van der Waals surface area contributed by atoms with Gasteiger partial charge in [0, 0.05) is 69.7 Å². The average molecular weight is 480 g/mol. The van der Waals surface area contributed by atoms with Crippen LogP contribution in [-0.4, -0.2) is 77.5 Å². The van der Waals surface area contributed by atoms with Crippen molar-refractivity contribution >= 4 is 28.2 Å². The van der Waals surface area contributed by atoms with Gasteiger partial charge in [0.15, 0.2) is 5.13 Å². The molecule has 0 unspecified atom stereocenters. The van der Waals surface area contributed by atoms with Crippen molar-refractivity contribution in [1.29, 1.82) is 0 Å². The van der Waals surface area contributed by atoms with Gasteiger partial charge in [-0.1, -0.05) is 30.3 Å². The van der Waals surface area contributed by atoms with E-state index in [-0.39, 0.29) is 5.91 Å². The molecule has 1 amide bonds. The summed E-state index contributed by atoms with van der Waals surface area (Å²) in [6.07, 6.45) is 4.27. The third kappa shape index (κ3) is 7.06. The van der Waals surface area contributed by atoms with E-state index in [1.807, 2.05) is 25.9 Å². The molecule has 2 aromatic heterocycles. The van der Waals surface area contributed by atoms with Crippen LogP contribution in [0.3, 0.4) is 0 Å². The maximum atomic E-state index is 12.7. The smallest absolute Gasteiger partial charge is 0.240 e. The number of aromatic nitrogens is 3. The normalized spacial score (nSPS) is 17.3. The Morgan fingerprint density at radius 3 is 2.62 bits per heavy atom. The summed E-state index contributed by atoms with van der Waals surface area (Å²) in [5.74, 6) is 1.25. The van der Waals surface area contributed by atoms with Crippen LogP contribution in [0, 0.1) is 12.8 Å². The highest BCUT2D eigenvalue weighted by atomic mass is 32.1. The van der Waals surface area contributed by atoms with Crippen molar-refractivity contribution in [2.75, 3.05) is 57.0 Å². The number of benzene rings is 1. The molecule has 1 fully saturated rings. The summed E-state index contributed by atoms with van der Waals surface area (Å²) in [6, 6.07) is 12.6. The van der Waals surface area contributed by atoms with Crippen LogP contribution in [-0.2, 0) is 17.8 Å². The number of thiazole rings is 1. The molecule has 1 aromatic carbocycles. The lowest BCUT2D eigenvalue weighted by atomic mass is 10.0. The lowest BCUT2D eigenvalue weighted by Crippen LogP contribution is -2.37. The number of hydrogen-bond donors (Lipinski definition) is 1. The van der Waals surface area contributed by atoms with E-state index in [9.17, 15) is 4.79 Å². The van der Waals surface area contributed by atoms with Gasteiger partial charge in [0.05, 0.1) is 6.54 Å². The summed E-state index contributed by atoms with van der Waals surface area (Å²) >= 11 is 1.50. The first kappa shape index (κ1) is 24.3. The van der Waals surface area contributed by atoms with Gasteiger partial charge in [-0.05, 0) is 24.8 Å². The molecular weight excluding hydrogens is 446 g/mol. The summed E-state index contributed by atoms with van der Waals surface area (Å²) in [7, 11) is 3.98. The molecule has 0 spiro atoms. The Bertz CT molecular complexity index is 1070. The lowest BCUT2D eigenvalue weighted by molar-refractivity contribution is -0.117. The fourth-order valence-electron chi connectivity index (χ4n) is 4.32. The molecule has 0 radical (unpaired) electrons. The van der Waals surface area contributed by atoms with Crippen LogP contribution in [0.1, 0.15) is 16.1 Å². The molecule has 0 aliphatic carbocycles. The van der Waals surface area contributed by atoms with Crippen LogP contribution in [0.2, 0.25) is 0 Å². The quantitative estimate of drug-likeness (QED) is 0.532. The van der Waals surface area contributed by atoms with Crippen molar-refractivity contribution in [2.45, 2.75) is 19.9 Å². The zero-order chi connectivity index (χ0) is 23.9. The summed E-state index contributed by atoms with van der Waals surface area (Å²) in [5.41, 5.74) is 2.34. The van der Waals surface area contributed by atoms with E-state index < -0.39 is 0 Å². The fraction of sp³-hybridized carbons (Fsp3) is 0.440. The number of amides is 1. The van der Waals surface area contributed by atoms with E-state index in [1.54, 1.807) is 12.5 Å². The lowest BCUT2D eigenvalue weighted by Gasteiger charge is -2.24. The van der Waals surface area contributed by atoms with Crippen molar-refractivity contribution in [2.24, 2.45) is 5.92 Å². The third-order valence-corrected chi connectivity index (χ3v) is 6.74. The molecule has 0 saturated carbocycles. The number of nitrogens with zero attached hydrogens (tertiary/aromatic N) is 6. The second kappa shape index (κ2) is 11.5. The molecule has 0 bridgehead atoms. The minimum atomic E-state index is -0.0125. The summed E-state index contributed by atoms with van der Waals surface area (Å²) < 4.78 is 0. The molecule has 34 heavy (non-hydrogen) atoms. The van der Waals surface area contributed by atoms with Gasteiger partial charge in [-0.15, -0.1) is 11.3 Å². The first-order chi connectivity index (χ1) is 16.4. The topological polar surface area (TPSA) is 77.5 Å². The van der Waals surface area contributed by atoms with Crippen LogP contribution in [0.15, 0.2) is 48.9 Å². The van der Waals surface area contributed by atoms with E-state index >= 15 is 0 Å². The molecular formula is C25H33N7OS. The molecule has 1 saturated heterocycles. The Morgan fingerprint density at radius 2 is 1.88 bits per heavy atom. The first-order valence-corrected chi connectivity index (χ1v) is 12.5. The minimum Gasteiger partial charge on any atom is -0.363 e. The van der Waals surface area contributed by atoms with Gasteiger partial charge >= 0.3 is 0 Å². The van der Waals surface area contributed by atoms with Gasteiger partial charge < -0.3 is 10.2 Å². The monoisotopic (exact) mass is 479 g/mol. The molecule has 1 atom stereocenters. The Balaban J connectivity index is 1.45. The van der Waals surface area contributed by atoms with Crippen LogP contribution < -0.4 is 10.2 Å². The largest absolute Gasteiger partial charge is 0.363 e. The van der Waals surface area contributed by atoms with Gasteiger partial charge in [-0.3, -0.25) is 14.6 Å². The number of nitrogens with one attached hydrogen (secondary N) is 1.